The molecule has 1 amide bonds. The second kappa shape index (κ2) is 9.64. The number of amides is 1. The van der Waals surface area contributed by atoms with Gasteiger partial charge in [0.25, 0.3) is 0 Å². The van der Waals surface area contributed by atoms with Gasteiger partial charge in [-0.15, -0.1) is 12.4 Å². The van der Waals surface area contributed by atoms with E-state index in [9.17, 15) is 4.79 Å². The first-order chi connectivity index (χ1) is 8.61. The maximum absolute atomic E-state index is 11.4. The molecule has 0 heterocycles. The molecule has 4 nitrogen and oxygen atoms in total. The molecule has 0 atom stereocenters. The first-order valence-electron chi connectivity index (χ1n) is 6.29. The highest BCUT2D eigenvalue weighted by atomic mass is 35.5. The second-order valence-electron chi connectivity index (χ2n) is 4.64. The smallest absolute Gasteiger partial charge is 0.238 e. The van der Waals surface area contributed by atoms with Gasteiger partial charge in [-0.05, 0) is 31.5 Å². The van der Waals surface area contributed by atoms with E-state index in [0.29, 0.717) is 19.1 Å². The maximum atomic E-state index is 11.4. The number of likely N-dealkylation sites (N-methyl/N-ethyl adjacent to an activating group) is 1. The Kier molecular flexibility index (Phi) is 9.00. The van der Waals surface area contributed by atoms with Crippen LogP contribution in [0.3, 0.4) is 0 Å². The number of anilines is 1. The van der Waals surface area contributed by atoms with E-state index in [1.54, 1.807) is 7.05 Å². The molecule has 0 aliphatic carbocycles. The molecular weight excluding hydrogens is 264 g/mol. The predicted molar refractivity (Wildman–Crippen MR) is 81.2 cm³/mol. The maximum Gasteiger partial charge on any atom is 0.238 e. The largest absolute Gasteiger partial charge is 0.494 e. The van der Waals surface area contributed by atoms with Crippen molar-refractivity contribution in [1.29, 1.82) is 0 Å². The summed E-state index contributed by atoms with van der Waals surface area (Å²) in [6.07, 6.45) is 1.02. The Morgan fingerprint density at radius 3 is 2.74 bits per heavy atom. The van der Waals surface area contributed by atoms with Crippen LogP contribution in [0.15, 0.2) is 24.3 Å². The van der Waals surface area contributed by atoms with Crippen LogP contribution in [0.4, 0.5) is 5.69 Å². The molecule has 1 aromatic carbocycles. The van der Waals surface area contributed by atoms with Crippen LogP contribution in [0.1, 0.15) is 20.3 Å². The fourth-order valence-corrected chi connectivity index (χ4v) is 1.44. The Morgan fingerprint density at radius 1 is 1.37 bits per heavy atom. The summed E-state index contributed by atoms with van der Waals surface area (Å²) in [5, 5.41) is 5.61. The van der Waals surface area contributed by atoms with Crippen LogP contribution in [0, 0.1) is 5.92 Å². The van der Waals surface area contributed by atoms with E-state index in [1.807, 2.05) is 24.3 Å². The standard InChI is InChI=1S/C14H22N2O2.ClH/c1-11(2)7-8-18-13-6-4-5-12(9-13)16-14(17)10-15-3;/h4-6,9,11,15H,7-8,10H2,1-3H3,(H,16,17);1H. The number of benzene rings is 1. The minimum atomic E-state index is -0.0585. The van der Waals surface area contributed by atoms with Crippen molar-refractivity contribution >= 4 is 24.0 Å². The number of hydrogen-bond donors (Lipinski definition) is 2. The number of nitrogens with one attached hydrogen (secondary N) is 2. The molecule has 0 saturated carbocycles. The monoisotopic (exact) mass is 286 g/mol. The van der Waals surface area contributed by atoms with E-state index in [0.717, 1.165) is 17.9 Å². The Balaban J connectivity index is 0.00000324. The van der Waals surface area contributed by atoms with E-state index in [2.05, 4.69) is 24.5 Å². The molecule has 0 aliphatic heterocycles. The molecule has 0 fully saturated rings. The number of rotatable bonds is 7. The SMILES string of the molecule is CNCC(=O)Nc1cccc(OCCC(C)C)c1.Cl. The highest BCUT2D eigenvalue weighted by Crippen LogP contribution is 2.17. The van der Waals surface area contributed by atoms with Gasteiger partial charge >= 0.3 is 0 Å². The van der Waals surface area contributed by atoms with Gasteiger partial charge in [-0.25, -0.2) is 0 Å². The van der Waals surface area contributed by atoms with E-state index in [1.165, 1.54) is 0 Å². The van der Waals surface area contributed by atoms with Gasteiger partial charge in [-0.1, -0.05) is 19.9 Å². The van der Waals surface area contributed by atoms with Crippen molar-refractivity contribution in [3.05, 3.63) is 24.3 Å². The van der Waals surface area contributed by atoms with Gasteiger partial charge in [-0.3, -0.25) is 4.79 Å². The Bertz CT molecular complexity index is 383. The topological polar surface area (TPSA) is 50.4 Å². The van der Waals surface area contributed by atoms with Crippen molar-refractivity contribution in [2.45, 2.75) is 20.3 Å². The predicted octanol–water partition coefficient (Wildman–Crippen LogP) is 2.69. The van der Waals surface area contributed by atoms with Gasteiger partial charge in [0.05, 0.1) is 13.2 Å². The lowest BCUT2D eigenvalue weighted by Gasteiger charge is -2.10. The number of ether oxygens (including phenoxy) is 1. The molecule has 2 N–H and O–H groups in total. The van der Waals surface area contributed by atoms with Crippen molar-refractivity contribution in [3.63, 3.8) is 0 Å². The number of halogens is 1. The quantitative estimate of drug-likeness (QED) is 0.810. The zero-order valence-electron chi connectivity index (χ0n) is 11.7. The van der Waals surface area contributed by atoms with Gasteiger partial charge in [0.2, 0.25) is 5.91 Å². The third-order valence-corrected chi connectivity index (χ3v) is 2.42. The molecule has 0 saturated heterocycles. The summed E-state index contributed by atoms with van der Waals surface area (Å²) in [4.78, 5) is 11.4. The summed E-state index contributed by atoms with van der Waals surface area (Å²) in [5.41, 5.74) is 0.761. The molecule has 1 rings (SSSR count). The van der Waals surface area contributed by atoms with Gasteiger partial charge in [0, 0.05) is 11.8 Å². The highest BCUT2D eigenvalue weighted by molar-refractivity contribution is 5.92. The molecule has 5 heteroatoms. The van der Waals surface area contributed by atoms with Gasteiger partial charge in [-0.2, -0.15) is 0 Å². The average Bonchev–Trinajstić information content (AvgIpc) is 2.29. The van der Waals surface area contributed by atoms with Crippen LogP contribution in [-0.4, -0.2) is 26.1 Å². The zero-order chi connectivity index (χ0) is 13.4. The molecule has 1 aromatic rings. The summed E-state index contributed by atoms with van der Waals surface area (Å²) in [6, 6.07) is 7.46. The summed E-state index contributed by atoms with van der Waals surface area (Å²) in [7, 11) is 1.74. The first-order valence-corrected chi connectivity index (χ1v) is 6.29. The number of carbonyl (C=O) groups is 1. The van der Waals surface area contributed by atoms with Crippen molar-refractivity contribution in [2.75, 3.05) is 25.5 Å². The van der Waals surface area contributed by atoms with Crippen LogP contribution in [0.25, 0.3) is 0 Å². The molecule has 0 aromatic heterocycles. The van der Waals surface area contributed by atoms with E-state index < -0.39 is 0 Å². The zero-order valence-corrected chi connectivity index (χ0v) is 12.5. The first kappa shape index (κ1) is 17.7. The van der Waals surface area contributed by atoms with E-state index in [-0.39, 0.29) is 18.3 Å². The Morgan fingerprint density at radius 2 is 2.11 bits per heavy atom. The molecular formula is C14H23ClN2O2. The molecule has 19 heavy (non-hydrogen) atoms. The normalized spacial score (nSPS) is 9.89. The van der Waals surface area contributed by atoms with Gasteiger partial charge in [0.15, 0.2) is 0 Å². The lowest BCUT2D eigenvalue weighted by atomic mass is 10.1. The highest BCUT2D eigenvalue weighted by Gasteiger charge is 2.02. The fourth-order valence-electron chi connectivity index (χ4n) is 1.44. The molecule has 0 radical (unpaired) electrons. The van der Waals surface area contributed by atoms with Crippen LogP contribution >= 0.6 is 12.4 Å². The van der Waals surface area contributed by atoms with Crippen LogP contribution < -0.4 is 15.4 Å². The van der Waals surface area contributed by atoms with Crippen molar-refractivity contribution < 1.29 is 9.53 Å². The minimum Gasteiger partial charge on any atom is -0.494 e. The summed E-state index contributed by atoms with van der Waals surface area (Å²) < 4.78 is 5.63. The lowest BCUT2D eigenvalue weighted by molar-refractivity contribution is -0.115. The minimum absolute atomic E-state index is 0. The van der Waals surface area contributed by atoms with E-state index in [4.69, 9.17) is 4.74 Å². The van der Waals surface area contributed by atoms with Crippen molar-refractivity contribution in [3.8, 4) is 5.75 Å². The number of hydrogen-bond acceptors (Lipinski definition) is 3. The van der Waals surface area contributed by atoms with Crippen molar-refractivity contribution in [1.82, 2.24) is 5.32 Å². The molecule has 0 unspecified atom stereocenters. The third-order valence-electron chi connectivity index (χ3n) is 2.42. The summed E-state index contributed by atoms with van der Waals surface area (Å²) >= 11 is 0. The van der Waals surface area contributed by atoms with Crippen molar-refractivity contribution in [2.24, 2.45) is 5.92 Å². The molecule has 0 bridgehead atoms. The van der Waals surface area contributed by atoms with Gasteiger partial charge < -0.3 is 15.4 Å². The summed E-state index contributed by atoms with van der Waals surface area (Å²) in [5.74, 6) is 1.36. The fraction of sp³-hybridized carbons (Fsp3) is 0.500. The summed E-state index contributed by atoms with van der Waals surface area (Å²) in [6.45, 7) is 5.33. The van der Waals surface area contributed by atoms with Crippen LogP contribution in [0.5, 0.6) is 5.75 Å². The Hall–Kier alpha value is -1.26. The molecule has 108 valence electrons. The van der Waals surface area contributed by atoms with E-state index >= 15 is 0 Å². The number of carbonyl (C=O) groups excluding carboxylic acids is 1. The average molecular weight is 287 g/mol. The van der Waals surface area contributed by atoms with Gasteiger partial charge in [0.1, 0.15) is 5.75 Å². The Labute approximate surface area is 121 Å². The second-order valence-corrected chi connectivity index (χ2v) is 4.64. The molecule has 0 aliphatic rings. The molecule has 0 spiro atoms. The van der Waals surface area contributed by atoms with Crippen LogP contribution in [0.2, 0.25) is 0 Å². The third kappa shape index (κ3) is 7.70. The lowest BCUT2D eigenvalue weighted by Crippen LogP contribution is -2.25. The van der Waals surface area contributed by atoms with Crippen LogP contribution in [-0.2, 0) is 4.79 Å².